The van der Waals surface area contributed by atoms with Crippen LogP contribution in [0.2, 0.25) is 0 Å². The molecule has 0 spiro atoms. The summed E-state index contributed by atoms with van der Waals surface area (Å²) in [6, 6.07) is 10.6. The van der Waals surface area contributed by atoms with E-state index in [1.54, 1.807) is 0 Å². The number of fused-ring (bicyclic) bond motifs is 1. The number of pyridine rings is 1. The Kier molecular flexibility index (Phi) is 4.89. The van der Waals surface area contributed by atoms with Crippen LogP contribution in [0, 0.1) is 6.92 Å². The zero-order chi connectivity index (χ0) is 17.9. The second-order valence-electron chi connectivity index (χ2n) is 7.09. The van der Waals surface area contributed by atoms with E-state index in [1.807, 2.05) is 12.4 Å². The molecule has 136 valence electrons. The van der Waals surface area contributed by atoms with Crippen molar-refractivity contribution in [1.82, 2.24) is 19.7 Å². The molecule has 3 heterocycles. The Morgan fingerprint density at radius 2 is 1.85 bits per heavy atom. The number of aryl methyl sites for hydroxylation is 1. The summed E-state index contributed by atoms with van der Waals surface area (Å²) < 4.78 is 2.13. The van der Waals surface area contributed by atoms with Crippen LogP contribution >= 0.6 is 0 Å². The molecular weight excluding hydrogens is 322 g/mol. The predicted molar refractivity (Wildman–Crippen MR) is 106 cm³/mol. The van der Waals surface area contributed by atoms with E-state index in [-0.39, 0.29) is 0 Å². The second-order valence-corrected chi connectivity index (χ2v) is 7.09. The summed E-state index contributed by atoms with van der Waals surface area (Å²) in [6.45, 7) is 10.7. The predicted octanol–water partition coefficient (Wildman–Crippen LogP) is 3.47. The van der Waals surface area contributed by atoms with E-state index in [2.05, 4.69) is 68.7 Å². The Bertz CT molecular complexity index is 872. The van der Waals surface area contributed by atoms with Crippen molar-refractivity contribution >= 4 is 16.6 Å². The standard InChI is InChI=1S/C21H27N5/c1-3-10-26-17(2)18(15-23-26)16-24-11-13-25(14-12-24)21-8-9-22-20-7-5-4-6-19(20)21/h4-9,15H,3,10-14,16H2,1-2H3. The third-order valence-electron chi connectivity index (χ3n) is 5.37. The van der Waals surface area contributed by atoms with Crippen molar-refractivity contribution in [2.24, 2.45) is 0 Å². The average Bonchev–Trinajstić information content (AvgIpc) is 3.02. The molecule has 1 aliphatic rings. The van der Waals surface area contributed by atoms with Crippen molar-refractivity contribution in [3.8, 4) is 0 Å². The molecule has 0 bridgehead atoms. The third kappa shape index (κ3) is 3.31. The molecule has 1 aliphatic heterocycles. The van der Waals surface area contributed by atoms with Gasteiger partial charge < -0.3 is 4.90 Å². The highest BCUT2D eigenvalue weighted by molar-refractivity contribution is 5.91. The molecule has 0 amide bonds. The highest BCUT2D eigenvalue weighted by Gasteiger charge is 2.20. The van der Waals surface area contributed by atoms with Crippen LogP contribution in [0.5, 0.6) is 0 Å². The zero-order valence-electron chi connectivity index (χ0n) is 15.7. The lowest BCUT2D eigenvalue weighted by atomic mass is 10.1. The summed E-state index contributed by atoms with van der Waals surface area (Å²) in [7, 11) is 0. The highest BCUT2D eigenvalue weighted by atomic mass is 15.3. The van der Waals surface area contributed by atoms with Gasteiger partial charge in [0.05, 0.1) is 11.7 Å². The van der Waals surface area contributed by atoms with Gasteiger partial charge in [-0.05, 0) is 25.5 Å². The fourth-order valence-corrected chi connectivity index (χ4v) is 3.82. The van der Waals surface area contributed by atoms with Crippen LogP contribution in [0.4, 0.5) is 5.69 Å². The first kappa shape index (κ1) is 17.0. The van der Waals surface area contributed by atoms with Crippen LogP contribution in [-0.4, -0.2) is 45.8 Å². The van der Waals surface area contributed by atoms with Gasteiger partial charge in [0, 0.05) is 67.8 Å². The maximum absolute atomic E-state index is 4.54. The SMILES string of the molecule is CCCn1ncc(CN2CCN(c3ccnc4ccccc34)CC2)c1C. The Morgan fingerprint density at radius 3 is 2.65 bits per heavy atom. The number of piperazine rings is 1. The largest absolute Gasteiger partial charge is 0.368 e. The summed E-state index contributed by atoms with van der Waals surface area (Å²) in [6.07, 6.45) is 5.10. The monoisotopic (exact) mass is 349 g/mol. The van der Waals surface area contributed by atoms with Crippen LogP contribution in [0.15, 0.2) is 42.7 Å². The van der Waals surface area contributed by atoms with Crippen molar-refractivity contribution in [3.05, 3.63) is 54.0 Å². The number of nitrogens with zero attached hydrogens (tertiary/aromatic N) is 5. The lowest BCUT2D eigenvalue weighted by Gasteiger charge is -2.36. The van der Waals surface area contributed by atoms with Gasteiger partial charge in [-0.2, -0.15) is 5.10 Å². The van der Waals surface area contributed by atoms with Crippen molar-refractivity contribution in [3.63, 3.8) is 0 Å². The van der Waals surface area contributed by atoms with Gasteiger partial charge in [0.25, 0.3) is 0 Å². The molecule has 2 aromatic heterocycles. The molecule has 5 nitrogen and oxygen atoms in total. The Morgan fingerprint density at radius 1 is 1.04 bits per heavy atom. The topological polar surface area (TPSA) is 37.2 Å². The molecule has 0 atom stereocenters. The average molecular weight is 349 g/mol. The first-order valence-corrected chi connectivity index (χ1v) is 9.58. The van der Waals surface area contributed by atoms with Gasteiger partial charge in [0.15, 0.2) is 0 Å². The fourth-order valence-electron chi connectivity index (χ4n) is 3.82. The summed E-state index contributed by atoms with van der Waals surface area (Å²) in [5.74, 6) is 0. The second kappa shape index (κ2) is 7.46. The number of benzene rings is 1. The lowest BCUT2D eigenvalue weighted by Crippen LogP contribution is -2.46. The Balaban J connectivity index is 1.43. The molecule has 0 aliphatic carbocycles. The summed E-state index contributed by atoms with van der Waals surface area (Å²) in [5, 5.41) is 5.79. The molecule has 0 N–H and O–H groups in total. The number of hydrogen-bond acceptors (Lipinski definition) is 4. The smallest absolute Gasteiger partial charge is 0.0722 e. The first-order valence-electron chi connectivity index (χ1n) is 9.58. The van der Waals surface area contributed by atoms with Crippen molar-refractivity contribution < 1.29 is 0 Å². The van der Waals surface area contributed by atoms with Gasteiger partial charge in [-0.1, -0.05) is 25.1 Å². The molecule has 0 saturated carbocycles. The Hall–Kier alpha value is -2.40. The molecule has 1 aromatic carbocycles. The third-order valence-corrected chi connectivity index (χ3v) is 5.37. The van der Waals surface area contributed by atoms with Crippen molar-refractivity contribution in [2.45, 2.75) is 33.4 Å². The van der Waals surface area contributed by atoms with Gasteiger partial charge in [-0.15, -0.1) is 0 Å². The van der Waals surface area contributed by atoms with E-state index in [1.165, 1.54) is 22.3 Å². The molecule has 4 rings (SSSR count). The number of aromatic nitrogens is 3. The minimum absolute atomic E-state index is 1.00. The van der Waals surface area contributed by atoms with E-state index in [9.17, 15) is 0 Å². The van der Waals surface area contributed by atoms with Crippen LogP contribution < -0.4 is 4.90 Å². The van der Waals surface area contributed by atoms with Crippen molar-refractivity contribution in [1.29, 1.82) is 0 Å². The van der Waals surface area contributed by atoms with Crippen LogP contribution in [0.3, 0.4) is 0 Å². The maximum atomic E-state index is 4.54. The van der Waals surface area contributed by atoms with E-state index >= 15 is 0 Å². The van der Waals surface area contributed by atoms with E-state index in [4.69, 9.17) is 0 Å². The Labute approximate surface area is 155 Å². The molecule has 1 fully saturated rings. The van der Waals surface area contributed by atoms with E-state index in [0.717, 1.165) is 51.2 Å². The number of rotatable bonds is 5. The fraction of sp³-hybridized carbons (Fsp3) is 0.429. The molecule has 1 saturated heterocycles. The molecule has 26 heavy (non-hydrogen) atoms. The minimum atomic E-state index is 1.00. The maximum Gasteiger partial charge on any atom is 0.0722 e. The number of hydrogen-bond donors (Lipinski definition) is 0. The number of para-hydroxylation sites is 1. The zero-order valence-corrected chi connectivity index (χ0v) is 15.7. The number of anilines is 1. The summed E-state index contributed by atoms with van der Waals surface area (Å²) in [4.78, 5) is 9.52. The van der Waals surface area contributed by atoms with E-state index < -0.39 is 0 Å². The minimum Gasteiger partial charge on any atom is -0.368 e. The molecule has 5 heteroatoms. The van der Waals surface area contributed by atoms with Gasteiger partial charge in [0.2, 0.25) is 0 Å². The van der Waals surface area contributed by atoms with Crippen LogP contribution in [0.1, 0.15) is 24.6 Å². The lowest BCUT2D eigenvalue weighted by molar-refractivity contribution is 0.249. The van der Waals surface area contributed by atoms with Crippen LogP contribution in [0.25, 0.3) is 10.9 Å². The summed E-state index contributed by atoms with van der Waals surface area (Å²) >= 11 is 0. The molecular formula is C21H27N5. The normalized spacial score (nSPS) is 15.7. The molecule has 0 radical (unpaired) electrons. The van der Waals surface area contributed by atoms with Gasteiger partial charge in [-0.25, -0.2) is 0 Å². The molecule has 3 aromatic rings. The van der Waals surface area contributed by atoms with Crippen LogP contribution in [-0.2, 0) is 13.1 Å². The van der Waals surface area contributed by atoms with Crippen molar-refractivity contribution in [2.75, 3.05) is 31.1 Å². The highest BCUT2D eigenvalue weighted by Crippen LogP contribution is 2.26. The van der Waals surface area contributed by atoms with Gasteiger partial charge in [-0.3, -0.25) is 14.6 Å². The first-order chi connectivity index (χ1) is 12.8. The van der Waals surface area contributed by atoms with Gasteiger partial charge >= 0.3 is 0 Å². The summed E-state index contributed by atoms with van der Waals surface area (Å²) in [5.41, 5.74) is 5.06. The van der Waals surface area contributed by atoms with Gasteiger partial charge in [0.1, 0.15) is 0 Å². The quantitative estimate of drug-likeness (QED) is 0.707. The molecule has 0 unspecified atom stereocenters. The van der Waals surface area contributed by atoms with E-state index in [0.29, 0.717) is 0 Å².